The molecule has 0 radical (unpaired) electrons. The fraction of sp³-hybridized carbons (Fsp3) is 0.467. The Labute approximate surface area is 122 Å². The zero-order valence-corrected chi connectivity index (χ0v) is 11.7. The van der Waals surface area contributed by atoms with Gasteiger partial charge in [0, 0.05) is 12.6 Å². The van der Waals surface area contributed by atoms with E-state index in [-0.39, 0.29) is 0 Å². The Morgan fingerprint density at radius 1 is 1.38 bits per heavy atom. The third kappa shape index (κ3) is 2.15. The van der Waals surface area contributed by atoms with Gasteiger partial charge < -0.3 is 20.4 Å². The third-order valence-electron chi connectivity index (χ3n) is 4.65. The van der Waals surface area contributed by atoms with E-state index < -0.39 is 5.91 Å². The zero-order chi connectivity index (χ0) is 14.4. The van der Waals surface area contributed by atoms with Crippen molar-refractivity contribution >= 4 is 23.0 Å². The van der Waals surface area contributed by atoms with Gasteiger partial charge in [0.1, 0.15) is 5.52 Å². The van der Waals surface area contributed by atoms with Gasteiger partial charge in [0.15, 0.2) is 5.58 Å². The van der Waals surface area contributed by atoms with Crippen LogP contribution in [0.1, 0.15) is 23.2 Å². The average Bonchev–Trinajstić information content (AvgIpc) is 2.90. The number of fused-ring (bicyclic) bond motifs is 4. The van der Waals surface area contributed by atoms with Crippen LogP contribution in [0.25, 0.3) is 11.1 Å². The normalized spacial score (nSPS) is 27.9. The molecule has 0 aliphatic carbocycles. The Kier molecular flexibility index (Phi) is 2.85. The number of carbonyl (C=O) groups is 1. The smallest absolute Gasteiger partial charge is 0.295 e. The van der Waals surface area contributed by atoms with Crippen LogP contribution >= 0.6 is 0 Å². The maximum Gasteiger partial charge on any atom is 0.295 e. The number of aromatic nitrogens is 1. The molecule has 1 unspecified atom stereocenters. The van der Waals surface area contributed by atoms with Crippen molar-refractivity contribution in [3.8, 4) is 0 Å². The molecular formula is C15H18N4O2. The lowest BCUT2D eigenvalue weighted by Gasteiger charge is -2.44. The van der Waals surface area contributed by atoms with Gasteiger partial charge in [-0.05, 0) is 44.0 Å². The molecule has 3 aliphatic rings. The SMILES string of the molecule is NC(=O)c1cccc2oc(NC3CN4CCC3CC4)nc12. The molecule has 2 bridgehead atoms. The van der Waals surface area contributed by atoms with Gasteiger partial charge in [-0.3, -0.25) is 4.79 Å². The van der Waals surface area contributed by atoms with Crippen LogP contribution in [0, 0.1) is 5.92 Å². The van der Waals surface area contributed by atoms with E-state index in [1.807, 2.05) is 0 Å². The molecule has 4 heterocycles. The fourth-order valence-electron chi connectivity index (χ4n) is 3.50. The van der Waals surface area contributed by atoms with Crippen molar-refractivity contribution in [2.45, 2.75) is 18.9 Å². The van der Waals surface area contributed by atoms with Crippen molar-refractivity contribution in [3.05, 3.63) is 23.8 Å². The standard InChI is InChI=1S/C15H18N4O2/c16-14(20)10-2-1-3-12-13(10)18-15(21-12)17-11-8-19-6-4-9(11)5-7-19/h1-3,9,11H,4-8H2,(H2,16,20)(H,17,18). The Bertz CT molecular complexity index is 688. The Morgan fingerprint density at radius 3 is 2.86 bits per heavy atom. The number of nitrogens with zero attached hydrogens (tertiary/aromatic N) is 2. The number of hydrogen-bond donors (Lipinski definition) is 2. The minimum atomic E-state index is -0.483. The van der Waals surface area contributed by atoms with Crippen molar-refractivity contribution in [2.24, 2.45) is 11.7 Å². The number of oxazole rings is 1. The predicted molar refractivity (Wildman–Crippen MR) is 79.1 cm³/mol. The molecule has 3 aliphatic heterocycles. The summed E-state index contributed by atoms with van der Waals surface area (Å²) in [4.78, 5) is 18.3. The Hall–Kier alpha value is -2.08. The van der Waals surface area contributed by atoms with Crippen molar-refractivity contribution < 1.29 is 9.21 Å². The summed E-state index contributed by atoms with van der Waals surface area (Å²) in [5.74, 6) is 0.198. The highest BCUT2D eigenvalue weighted by molar-refractivity contribution is 6.03. The van der Waals surface area contributed by atoms with Crippen LogP contribution in [0.4, 0.5) is 6.01 Å². The van der Waals surface area contributed by atoms with Crippen LogP contribution in [0.15, 0.2) is 22.6 Å². The number of amides is 1. The molecule has 21 heavy (non-hydrogen) atoms. The second-order valence-electron chi connectivity index (χ2n) is 5.92. The first-order chi connectivity index (χ1) is 10.2. The lowest BCUT2D eigenvalue weighted by molar-refractivity contribution is 0.0965. The summed E-state index contributed by atoms with van der Waals surface area (Å²) in [5.41, 5.74) is 6.90. The van der Waals surface area contributed by atoms with E-state index in [2.05, 4.69) is 15.2 Å². The van der Waals surface area contributed by atoms with Crippen LogP contribution < -0.4 is 11.1 Å². The van der Waals surface area contributed by atoms with Crippen LogP contribution in [0.5, 0.6) is 0 Å². The molecule has 1 atom stereocenters. The second kappa shape index (κ2) is 4.73. The molecule has 3 saturated heterocycles. The summed E-state index contributed by atoms with van der Waals surface area (Å²) in [5, 5.41) is 3.40. The number of para-hydroxylation sites is 1. The Balaban J connectivity index is 1.62. The number of primary amides is 1. The van der Waals surface area contributed by atoms with Gasteiger partial charge in [0.05, 0.1) is 5.56 Å². The van der Waals surface area contributed by atoms with E-state index in [1.165, 1.54) is 25.9 Å². The van der Waals surface area contributed by atoms with Gasteiger partial charge in [0.2, 0.25) is 0 Å². The van der Waals surface area contributed by atoms with Crippen LogP contribution in [-0.2, 0) is 0 Å². The molecule has 3 fully saturated rings. The van der Waals surface area contributed by atoms with Crippen molar-refractivity contribution in [1.29, 1.82) is 0 Å². The molecule has 3 N–H and O–H groups in total. The maximum absolute atomic E-state index is 11.4. The summed E-state index contributed by atoms with van der Waals surface area (Å²) >= 11 is 0. The number of nitrogens with two attached hydrogens (primary N) is 1. The highest BCUT2D eigenvalue weighted by atomic mass is 16.4. The summed E-state index contributed by atoms with van der Waals surface area (Å²) in [6.07, 6.45) is 2.45. The Morgan fingerprint density at radius 2 is 2.19 bits per heavy atom. The highest BCUT2D eigenvalue weighted by Crippen LogP contribution is 2.30. The molecule has 110 valence electrons. The molecule has 1 amide bonds. The first-order valence-electron chi connectivity index (χ1n) is 7.39. The summed E-state index contributed by atoms with van der Waals surface area (Å²) in [7, 11) is 0. The van der Waals surface area contributed by atoms with Crippen LogP contribution in [0.3, 0.4) is 0 Å². The fourth-order valence-corrected chi connectivity index (χ4v) is 3.50. The lowest BCUT2D eigenvalue weighted by atomic mass is 9.84. The molecular weight excluding hydrogens is 268 g/mol. The van der Waals surface area contributed by atoms with E-state index in [0.29, 0.717) is 34.6 Å². The first kappa shape index (κ1) is 12.6. The van der Waals surface area contributed by atoms with Gasteiger partial charge in [-0.2, -0.15) is 4.98 Å². The summed E-state index contributed by atoms with van der Waals surface area (Å²) in [6, 6.07) is 6.09. The molecule has 6 nitrogen and oxygen atoms in total. The van der Waals surface area contributed by atoms with E-state index in [0.717, 1.165) is 6.54 Å². The number of nitrogens with one attached hydrogen (secondary N) is 1. The largest absolute Gasteiger partial charge is 0.424 e. The number of piperidine rings is 3. The maximum atomic E-state index is 11.4. The van der Waals surface area contributed by atoms with E-state index in [4.69, 9.17) is 10.2 Å². The second-order valence-corrected chi connectivity index (χ2v) is 5.92. The third-order valence-corrected chi connectivity index (χ3v) is 4.65. The predicted octanol–water partition coefficient (Wildman–Crippen LogP) is 1.43. The minimum absolute atomic E-state index is 0.373. The van der Waals surface area contributed by atoms with Gasteiger partial charge in [-0.25, -0.2) is 0 Å². The molecule has 0 saturated carbocycles. The number of carbonyl (C=O) groups excluding carboxylic acids is 1. The van der Waals surface area contributed by atoms with Gasteiger partial charge >= 0.3 is 0 Å². The van der Waals surface area contributed by atoms with Gasteiger partial charge in [-0.15, -0.1) is 0 Å². The highest BCUT2D eigenvalue weighted by Gasteiger charge is 2.34. The van der Waals surface area contributed by atoms with E-state index >= 15 is 0 Å². The first-order valence-corrected chi connectivity index (χ1v) is 7.39. The average molecular weight is 286 g/mol. The van der Waals surface area contributed by atoms with Crippen molar-refractivity contribution in [2.75, 3.05) is 25.0 Å². The monoisotopic (exact) mass is 286 g/mol. The topological polar surface area (TPSA) is 84.4 Å². The molecule has 1 aromatic heterocycles. The van der Waals surface area contributed by atoms with Gasteiger partial charge in [0.25, 0.3) is 11.9 Å². The van der Waals surface area contributed by atoms with Crippen LogP contribution in [-0.4, -0.2) is 41.5 Å². The molecule has 6 heteroatoms. The van der Waals surface area contributed by atoms with Gasteiger partial charge in [-0.1, -0.05) is 6.07 Å². The minimum Gasteiger partial charge on any atom is -0.424 e. The molecule has 5 rings (SSSR count). The lowest BCUT2D eigenvalue weighted by Crippen LogP contribution is -2.53. The van der Waals surface area contributed by atoms with Crippen molar-refractivity contribution in [1.82, 2.24) is 9.88 Å². The van der Waals surface area contributed by atoms with E-state index in [1.54, 1.807) is 18.2 Å². The quantitative estimate of drug-likeness (QED) is 0.891. The van der Waals surface area contributed by atoms with E-state index in [9.17, 15) is 4.79 Å². The summed E-state index contributed by atoms with van der Waals surface area (Å²) < 4.78 is 5.72. The zero-order valence-electron chi connectivity index (χ0n) is 11.7. The molecule has 2 aromatic rings. The van der Waals surface area contributed by atoms with Crippen LogP contribution in [0.2, 0.25) is 0 Å². The number of hydrogen-bond acceptors (Lipinski definition) is 5. The number of rotatable bonds is 3. The number of benzene rings is 1. The molecule has 0 spiro atoms. The number of anilines is 1. The molecule has 1 aromatic carbocycles. The van der Waals surface area contributed by atoms with Crippen molar-refractivity contribution in [3.63, 3.8) is 0 Å². The summed E-state index contributed by atoms with van der Waals surface area (Å²) in [6.45, 7) is 3.43.